The van der Waals surface area contributed by atoms with E-state index in [1.54, 1.807) is 0 Å². The topological polar surface area (TPSA) is 78.9 Å². The van der Waals surface area contributed by atoms with Crippen LogP contribution >= 0.6 is 0 Å². The quantitative estimate of drug-likeness (QED) is 0.0261. The first kappa shape index (κ1) is 70.0. The van der Waals surface area contributed by atoms with Crippen LogP contribution in [-0.2, 0) is 28.6 Å². The Morgan fingerprint density at radius 3 is 0.840 bits per heavy atom. The van der Waals surface area contributed by atoms with Crippen molar-refractivity contribution in [3.8, 4) is 0 Å². The number of ether oxygens (including phenoxy) is 3. The number of carbonyl (C=O) groups excluding carboxylic acids is 3. The van der Waals surface area contributed by atoms with Crippen LogP contribution in [0, 0.1) is 0 Å². The fraction of sp³-hybridized carbons (Fsp3) is 0.580. The number of esters is 3. The van der Waals surface area contributed by atoms with Gasteiger partial charge >= 0.3 is 17.9 Å². The molecule has 0 bridgehead atoms. The summed E-state index contributed by atoms with van der Waals surface area (Å²) in [6, 6.07) is 0. The SMILES string of the molecule is CC/C=C\C/C=C\C/C=C\C/C=C\C/C=C\C/C=C\C/C=C\CCCCCCCC(=O)OCC(COC(=O)CCCCCCCCCCC)OC(=O)CCCC/C=C\C/C=C\C/C=C\C/C=C\C/C=C\C/C=C\CC. The molecule has 6 heteroatoms. The maximum atomic E-state index is 12.8. The van der Waals surface area contributed by atoms with Gasteiger partial charge in [-0.3, -0.25) is 14.4 Å². The first-order chi connectivity index (χ1) is 37.0. The molecule has 1 atom stereocenters. The molecular formula is C69H108O6. The minimum Gasteiger partial charge on any atom is -0.462 e. The molecule has 0 aliphatic rings. The van der Waals surface area contributed by atoms with E-state index in [1.165, 1.54) is 38.5 Å². The Balaban J connectivity index is 4.41. The molecule has 0 spiro atoms. The average molecular weight is 1030 g/mol. The summed E-state index contributed by atoms with van der Waals surface area (Å²) in [5.41, 5.74) is 0. The largest absolute Gasteiger partial charge is 0.462 e. The van der Waals surface area contributed by atoms with Gasteiger partial charge in [-0.1, -0.05) is 249 Å². The average Bonchev–Trinajstić information content (AvgIpc) is 3.41. The van der Waals surface area contributed by atoms with Gasteiger partial charge in [-0.25, -0.2) is 0 Å². The molecular weight excluding hydrogens is 925 g/mol. The molecule has 0 aliphatic carbocycles. The van der Waals surface area contributed by atoms with E-state index >= 15 is 0 Å². The lowest BCUT2D eigenvalue weighted by atomic mass is 10.1. The predicted octanol–water partition coefficient (Wildman–Crippen LogP) is 20.5. The number of unbranched alkanes of at least 4 members (excludes halogenated alkanes) is 15. The molecule has 1 unspecified atom stereocenters. The summed E-state index contributed by atoms with van der Waals surface area (Å²) >= 11 is 0. The van der Waals surface area contributed by atoms with Gasteiger partial charge in [-0.05, 0) is 128 Å². The van der Waals surface area contributed by atoms with E-state index in [1.807, 2.05) is 0 Å². The Bertz CT molecular complexity index is 1710. The summed E-state index contributed by atoms with van der Waals surface area (Å²) in [6.07, 6.45) is 89.6. The van der Waals surface area contributed by atoms with E-state index in [9.17, 15) is 14.4 Å². The molecule has 0 fully saturated rings. The highest BCUT2D eigenvalue weighted by Gasteiger charge is 2.19. The van der Waals surface area contributed by atoms with Crippen molar-refractivity contribution in [2.45, 2.75) is 245 Å². The first-order valence-corrected chi connectivity index (χ1v) is 30.0. The molecule has 0 N–H and O–H groups in total. The third-order valence-electron chi connectivity index (χ3n) is 12.0. The Morgan fingerprint density at radius 1 is 0.280 bits per heavy atom. The van der Waals surface area contributed by atoms with Crippen LogP contribution < -0.4 is 0 Å². The zero-order valence-corrected chi connectivity index (χ0v) is 48.0. The summed E-state index contributed by atoms with van der Waals surface area (Å²) in [4.78, 5) is 38.1. The second kappa shape index (κ2) is 61.6. The van der Waals surface area contributed by atoms with Crippen molar-refractivity contribution in [1.29, 1.82) is 0 Å². The molecule has 0 aromatic rings. The normalized spacial score (nSPS) is 13.3. The molecule has 0 saturated heterocycles. The lowest BCUT2D eigenvalue weighted by Crippen LogP contribution is -2.30. The van der Waals surface area contributed by atoms with Crippen molar-refractivity contribution in [3.63, 3.8) is 0 Å². The van der Waals surface area contributed by atoms with Gasteiger partial charge in [0, 0.05) is 19.3 Å². The maximum Gasteiger partial charge on any atom is 0.306 e. The zero-order chi connectivity index (χ0) is 54.3. The zero-order valence-electron chi connectivity index (χ0n) is 48.0. The van der Waals surface area contributed by atoms with E-state index in [-0.39, 0.29) is 37.5 Å². The van der Waals surface area contributed by atoms with Gasteiger partial charge in [-0.15, -0.1) is 0 Å². The lowest BCUT2D eigenvalue weighted by Gasteiger charge is -2.18. The summed E-state index contributed by atoms with van der Waals surface area (Å²) < 4.78 is 16.8. The fourth-order valence-electron chi connectivity index (χ4n) is 7.60. The number of hydrogen-bond acceptors (Lipinski definition) is 6. The van der Waals surface area contributed by atoms with Crippen LogP contribution in [0.3, 0.4) is 0 Å². The van der Waals surface area contributed by atoms with E-state index in [0.29, 0.717) is 19.3 Å². The molecule has 420 valence electrons. The summed E-state index contributed by atoms with van der Waals surface area (Å²) in [7, 11) is 0. The van der Waals surface area contributed by atoms with E-state index in [2.05, 4.69) is 179 Å². The van der Waals surface area contributed by atoms with E-state index in [0.717, 1.165) is 154 Å². The third-order valence-corrected chi connectivity index (χ3v) is 12.0. The van der Waals surface area contributed by atoms with Gasteiger partial charge in [0.25, 0.3) is 0 Å². The second-order valence-electron chi connectivity index (χ2n) is 19.1. The van der Waals surface area contributed by atoms with Gasteiger partial charge in [0.2, 0.25) is 0 Å². The minimum absolute atomic E-state index is 0.107. The Morgan fingerprint density at radius 2 is 0.520 bits per heavy atom. The molecule has 0 aliphatic heterocycles. The van der Waals surface area contributed by atoms with Crippen LogP contribution in [0.15, 0.2) is 158 Å². The molecule has 0 aromatic carbocycles. The first-order valence-electron chi connectivity index (χ1n) is 30.0. The Labute approximate surface area is 460 Å². The monoisotopic (exact) mass is 1030 g/mol. The van der Waals surface area contributed by atoms with Crippen LogP contribution in [0.4, 0.5) is 0 Å². The van der Waals surface area contributed by atoms with Crippen LogP contribution in [0.25, 0.3) is 0 Å². The highest BCUT2D eigenvalue weighted by molar-refractivity contribution is 5.71. The molecule has 0 aromatic heterocycles. The molecule has 0 radical (unpaired) electrons. The summed E-state index contributed by atoms with van der Waals surface area (Å²) in [6.45, 7) is 6.32. The van der Waals surface area contributed by atoms with Crippen LogP contribution in [0.5, 0.6) is 0 Å². The summed E-state index contributed by atoms with van der Waals surface area (Å²) in [5.74, 6) is -0.981. The molecule has 6 nitrogen and oxygen atoms in total. The molecule has 75 heavy (non-hydrogen) atoms. The molecule has 0 rings (SSSR count). The second-order valence-corrected chi connectivity index (χ2v) is 19.1. The van der Waals surface area contributed by atoms with Crippen LogP contribution in [0.1, 0.15) is 239 Å². The lowest BCUT2D eigenvalue weighted by molar-refractivity contribution is -0.167. The maximum absolute atomic E-state index is 12.8. The van der Waals surface area contributed by atoms with Gasteiger partial charge in [-0.2, -0.15) is 0 Å². The number of hydrogen-bond donors (Lipinski definition) is 0. The van der Waals surface area contributed by atoms with Crippen LogP contribution in [-0.4, -0.2) is 37.2 Å². The molecule has 0 heterocycles. The fourth-order valence-corrected chi connectivity index (χ4v) is 7.60. The van der Waals surface area contributed by atoms with Gasteiger partial charge in [0.05, 0.1) is 0 Å². The predicted molar refractivity (Wildman–Crippen MR) is 325 cm³/mol. The van der Waals surface area contributed by atoms with E-state index in [4.69, 9.17) is 14.2 Å². The van der Waals surface area contributed by atoms with Crippen molar-refractivity contribution >= 4 is 17.9 Å². The summed E-state index contributed by atoms with van der Waals surface area (Å²) in [5, 5.41) is 0. The van der Waals surface area contributed by atoms with Crippen molar-refractivity contribution in [2.75, 3.05) is 13.2 Å². The number of rotatable bonds is 52. The number of allylic oxidation sites excluding steroid dienone is 26. The van der Waals surface area contributed by atoms with Crippen molar-refractivity contribution in [1.82, 2.24) is 0 Å². The molecule has 0 amide bonds. The molecule has 0 saturated carbocycles. The van der Waals surface area contributed by atoms with Crippen molar-refractivity contribution in [3.05, 3.63) is 158 Å². The Hall–Kier alpha value is -4.97. The van der Waals surface area contributed by atoms with Gasteiger partial charge in [0.15, 0.2) is 6.10 Å². The number of carbonyl (C=O) groups is 3. The van der Waals surface area contributed by atoms with Gasteiger partial charge < -0.3 is 14.2 Å². The van der Waals surface area contributed by atoms with Crippen LogP contribution in [0.2, 0.25) is 0 Å². The smallest absolute Gasteiger partial charge is 0.306 e. The van der Waals surface area contributed by atoms with Gasteiger partial charge in [0.1, 0.15) is 13.2 Å². The minimum atomic E-state index is -0.815. The third kappa shape index (κ3) is 59.8. The highest BCUT2D eigenvalue weighted by Crippen LogP contribution is 2.13. The standard InChI is InChI=1S/C69H108O6/c1-4-7-10-13-16-19-21-23-25-27-29-31-32-33-34-35-36-38-39-41-43-45-47-50-53-56-59-62-68(71)74-65-66(64-73-67(70)61-58-55-52-49-18-15-12-9-6-3)75-69(72)63-60-57-54-51-48-46-44-42-40-37-30-28-26-24-22-20-17-14-11-8-5-2/h7-8,10-11,16-17,19-20,23-26,29-31,33-34,36-38,41-44,48,51,66H,4-6,9,12-15,18,21-22,27-28,32,35,39-40,45-47,49-50,52-65H2,1-3H3/b10-7-,11-8-,19-16-,20-17-,25-23-,26-24-,31-29-,34-33-,37-30-,38-36-,43-41-,44-42-,51-48-. The van der Waals surface area contributed by atoms with Crippen molar-refractivity contribution < 1.29 is 28.6 Å². The van der Waals surface area contributed by atoms with E-state index < -0.39 is 6.10 Å². The highest BCUT2D eigenvalue weighted by atomic mass is 16.6. The Kier molecular flexibility index (Phi) is 57.5. The van der Waals surface area contributed by atoms with Crippen molar-refractivity contribution in [2.24, 2.45) is 0 Å².